The van der Waals surface area contributed by atoms with E-state index >= 15 is 0 Å². The topological polar surface area (TPSA) is 69.6 Å². The van der Waals surface area contributed by atoms with E-state index in [-0.39, 0.29) is 0 Å². The third kappa shape index (κ3) is 2.54. The van der Waals surface area contributed by atoms with E-state index in [2.05, 4.69) is 0 Å². The van der Waals surface area contributed by atoms with Gasteiger partial charge in [0, 0.05) is 29.5 Å². The fourth-order valence-corrected chi connectivity index (χ4v) is 7.80. The van der Waals surface area contributed by atoms with Crippen molar-refractivity contribution in [1.82, 2.24) is 9.97 Å². The van der Waals surface area contributed by atoms with E-state index in [4.69, 9.17) is 9.97 Å². The molecule has 0 amide bonds. The Bertz CT molecular complexity index is 1570. The maximum Gasteiger partial charge on any atom is 0.319 e. The van der Waals surface area contributed by atoms with Crippen LogP contribution < -0.4 is 14.7 Å². The molecule has 1 fully saturated rings. The predicted molar refractivity (Wildman–Crippen MR) is 141 cm³/mol. The maximum atomic E-state index is 14.9. The van der Waals surface area contributed by atoms with Crippen molar-refractivity contribution in [3.63, 3.8) is 0 Å². The van der Waals surface area contributed by atoms with Crippen molar-refractivity contribution in [3.8, 4) is 0 Å². The van der Waals surface area contributed by atoms with Gasteiger partial charge in [-0.1, -0.05) is 66.7 Å². The Morgan fingerprint density at radius 1 is 0.611 bits per heavy atom. The molecular formula is C28H21N5O2S. The molecule has 1 spiro atoms. The summed E-state index contributed by atoms with van der Waals surface area (Å²) >= 11 is 0. The van der Waals surface area contributed by atoms with Crippen LogP contribution >= 0.6 is 0 Å². The highest BCUT2D eigenvalue weighted by atomic mass is 32.2. The number of anilines is 5. The van der Waals surface area contributed by atoms with Crippen LogP contribution in [-0.2, 0) is 9.84 Å². The van der Waals surface area contributed by atoms with Crippen LogP contribution in [0.1, 0.15) is 6.42 Å². The Balaban J connectivity index is 1.66. The smallest absolute Gasteiger partial charge is 0.286 e. The van der Waals surface area contributed by atoms with Crippen molar-refractivity contribution in [2.45, 2.75) is 11.5 Å². The first kappa shape index (κ1) is 20.9. The highest BCUT2D eigenvalue weighted by Gasteiger charge is 2.72. The maximum absolute atomic E-state index is 14.9. The number of hydrogen-bond acceptors (Lipinski definition) is 7. The lowest BCUT2D eigenvalue weighted by Crippen LogP contribution is -2.66. The first-order chi connectivity index (χ1) is 17.7. The average Bonchev–Trinajstić information content (AvgIpc) is 3.57. The summed E-state index contributed by atoms with van der Waals surface area (Å²) in [6, 6.07) is 28.7. The zero-order valence-corrected chi connectivity index (χ0v) is 20.0. The van der Waals surface area contributed by atoms with Gasteiger partial charge in [-0.2, -0.15) is 0 Å². The Labute approximate surface area is 209 Å². The van der Waals surface area contributed by atoms with Crippen molar-refractivity contribution < 1.29 is 8.42 Å². The summed E-state index contributed by atoms with van der Waals surface area (Å²) in [6.45, 7) is 0. The number of aromatic nitrogens is 2. The van der Waals surface area contributed by atoms with Gasteiger partial charge < -0.3 is 0 Å². The second-order valence-electron chi connectivity index (χ2n) is 8.69. The molecule has 36 heavy (non-hydrogen) atoms. The molecule has 0 radical (unpaired) electrons. The van der Waals surface area contributed by atoms with Gasteiger partial charge in [0.15, 0.2) is 11.6 Å². The summed E-state index contributed by atoms with van der Waals surface area (Å²) in [6.07, 6.45) is 7.54. The summed E-state index contributed by atoms with van der Waals surface area (Å²) in [4.78, 5) is 15.2. The van der Waals surface area contributed by atoms with Gasteiger partial charge in [-0.05, 0) is 42.8 Å². The number of rotatable bonds is 3. The number of fused-ring (bicyclic) bond motifs is 2. The monoisotopic (exact) mass is 491 g/mol. The van der Waals surface area contributed by atoms with E-state index in [9.17, 15) is 8.42 Å². The van der Waals surface area contributed by atoms with E-state index in [1.807, 2.05) is 112 Å². The minimum Gasteiger partial charge on any atom is -0.286 e. The van der Waals surface area contributed by atoms with Gasteiger partial charge in [-0.25, -0.2) is 18.4 Å². The van der Waals surface area contributed by atoms with Gasteiger partial charge in [-0.15, -0.1) is 0 Å². The molecule has 2 aliphatic heterocycles. The van der Waals surface area contributed by atoms with Crippen molar-refractivity contribution in [3.05, 3.63) is 126 Å². The lowest BCUT2D eigenvalue weighted by molar-refractivity contribution is 0.537. The predicted octanol–water partition coefficient (Wildman–Crippen LogP) is 5.48. The summed E-state index contributed by atoms with van der Waals surface area (Å²) in [5.74, 6) is 0.941. The van der Waals surface area contributed by atoms with Gasteiger partial charge in [0.25, 0.3) is 0 Å². The third-order valence-electron chi connectivity index (χ3n) is 6.76. The fourth-order valence-electron chi connectivity index (χ4n) is 5.43. The normalized spacial score (nSPS) is 18.7. The van der Waals surface area contributed by atoms with E-state index in [0.29, 0.717) is 40.0 Å². The molecular weight excluding hydrogens is 470 g/mol. The molecule has 1 saturated heterocycles. The lowest BCUT2D eigenvalue weighted by Gasteiger charge is -2.46. The second kappa shape index (κ2) is 7.53. The largest absolute Gasteiger partial charge is 0.319 e. The van der Waals surface area contributed by atoms with Crippen molar-refractivity contribution in [2.24, 2.45) is 0 Å². The van der Waals surface area contributed by atoms with Crippen LogP contribution in [0.25, 0.3) is 0 Å². The molecule has 3 aromatic carbocycles. The molecule has 1 aliphatic carbocycles. The SMILES string of the molecule is O=S1(=O)C2=CCC=C2N(c2ccccc2)C12N(c1ccccc1)c1nccnc1N2c1ccccc1. The van der Waals surface area contributed by atoms with Crippen LogP contribution in [0.15, 0.2) is 126 Å². The van der Waals surface area contributed by atoms with Crippen molar-refractivity contribution in [2.75, 3.05) is 14.7 Å². The number of allylic oxidation sites excluding steroid dienone is 2. The zero-order chi connectivity index (χ0) is 24.3. The quantitative estimate of drug-likeness (QED) is 0.376. The minimum absolute atomic E-state index is 0.320. The molecule has 1 aromatic heterocycles. The number of para-hydroxylation sites is 3. The van der Waals surface area contributed by atoms with Crippen LogP contribution in [0.2, 0.25) is 0 Å². The third-order valence-corrected chi connectivity index (χ3v) is 8.98. The Hall–Kier alpha value is -4.43. The fraction of sp³-hybridized carbons (Fsp3) is 0.0714. The average molecular weight is 492 g/mol. The van der Waals surface area contributed by atoms with Gasteiger partial charge >= 0.3 is 5.12 Å². The van der Waals surface area contributed by atoms with Gasteiger partial charge in [0.1, 0.15) is 0 Å². The van der Waals surface area contributed by atoms with Crippen LogP contribution in [-0.4, -0.2) is 23.5 Å². The summed E-state index contributed by atoms with van der Waals surface area (Å²) < 4.78 is 29.9. The summed E-state index contributed by atoms with van der Waals surface area (Å²) in [5, 5.41) is -1.74. The first-order valence-corrected chi connectivity index (χ1v) is 13.2. The Morgan fingerprint density at radius 2 is 1.06 bits per heavy atom. The molecule has 0 bridgehead atoms. The Morgan fingerprint density at radius 3 is 1.53 bits per heavy atom. The Kier molecular flexibility index (Phi) is 4.37. The van der Waals surface area contributed by atoms with Crippen LogP contribution in [0.3, 0.4) is 0 Å². The molecule has 7 nitrogen and oxygen atoms in total. The first-order valence-electron chi connectivity index (χ1n) is 11.7. The number of sulfone groups is 1. The molecule has 7 rings (SSSR count). The minimum atomic E-state index is -4.03. The van der Waals surface area contributed by atoms with Crippen molar-refractivity contribution >= 4 is 38.5 Å². The van der Waals surface area contributed by atoms with Crippen molar-refractivity contribution in [1.29, 1.82) is 0 Å². The summed E-state index contributed by atoms with van der Waals surface area (Å²) in [7, 11) is -4.03. The van der Waals surface area contributed by atoms with E-state index < -0.39 is 15.0 Å². The van der Waals surface area contributed by atoms with E-state index in [1.54, 1.807) is 18.5 Å². The van der Waals surface area contributed by atoms with Gasteiger partial charge in [0.2, 0.25) is 9.84 Å². The molecule has 176 valence electrons. The molecule has 3 heterocycles. The molecule has 3 aliphatic rings. The molecule has 4 aromatic rings. The van der Waals surface area contributed by atoms with Crippen LogP contribution in [0.4, 0.5) is 28.7 Å². The molecule has 0 N–H and O–H groups in total. The summed E-state index contributed by atoms with van der Waals surface area (Å²) in [5.41, 5.74) is 2.81. The van der Waals surface area contributed by atoms with Crippen LogP contribution in [0, 0.1) is 0 Å². The highest BCUT2D eigenvalue weighted by molar-refractivity contribution is 7.97. The molecule has 8 heteroatoms. The second-order valence-corrected chi connectivity index (χ2v) is 10.7. The number of hydrogen-bond donors (Lipinski definition) is 0. The molecule has 0 unspecified atom stereocenters. The van der Waals surface area contributed by atoms with E-state index in [0.717, 1.165) is 5.69 Å². The molecule has 0 saturated carbocycles. The standard InChI is InChI=1S/C28H21N5O2S/c34-36(35)25-18-10-17-24(25)31(21-11-4-1-5-12-21)28(36)32(22-13-6-2-7-14-22)26-27(30-20-19-29-26)33(28)23-15-8-3-9-16-23/h1-9,11-20H,10H2. The van der Waals surface area contributed by atoms with E-state index in [1.165, 1.54) is 0 Å². The van der Waals surface area contributed by atoms with Gasteiger partial charge in [-0.3, -0.25) is 14.7 Å². The lowest BCUT2D eigenvalue weighted by atomic mass is 10.2. The number of nitrogens with zero attached hydrogens (tertiary/aromatic N) is 5. The zero-order valence-electron chi connectivity index (χ0n) is 19.1. The highest BCUT2D eigenvalue weighted by Crippen LogP contribution is 2.61. The van der Waals surface area contributed by atoms with Gasteiger partial charge in [0.05, 0.1) is 10.6 Å². The van der Waals surface area contributed by atoms with Crippen LogP contribution in [0.5, 0.6) is 0 Å². The molecule has 0 atom stereocenters. The number of benzene rings is 3.